The Labute approximate surface area is 732 Å². The lowest BCUT2D eigenvalue weighted by molar-refractivity contribution is -0.140. The maximum atomic E-state index is 12.8. The van der Waals surface area contributed by atoms with E-state index in [2.05, 4.69) is 37.3 Å². The van der Waals surface area contributed by atoms with Gasteiger partial charge in [0.2, 0.25) is 59.1 Å². The number of rotatable bonds is 26. The minimum absolute atomic E-state index is 0. The molecule has 0 bridgehead atoms. The molecule has 10 fully saturated rings. The zero-order valence-corrected chi connectivity index (χ0v) is 75.2. The summed E-state index contributed by atoms with van der Waals surface area (Å²) in [7, 11) is 3.28. The van der Waals surface area contributed by atoms with Gasteiger partial charge in [-0.05, 0) is 165 Å². The van der Waals surface area contributed by atoms with E-state index >= 15 is 0 Å². The molecule has 10 amide bonds. The number of aliphatic hydroxyl groups is 2. The van der Waals surface area contributed by atoms with Gasteiger partial charge in [0.05, 0.1) is 111 Å². The van der Waals surface area contributed by atoms with Crippen molar-refractivity contribution >= 4 is 113 Å². The summed E-state index contributed by atoms with van der Waals surface area (Å²) in [4.78, 5) is 141. The minimum Gasteiger partial charge on any atom is -0.394 e. The van der Waals surface area contributed by atoms with E-state index < -0.39 is 53.1 Å². The van der Waals surface area contributed by atoms with E-state index in [1.165, 1.54) is 4.90 Å². The SMILES string of the molecule is CC(C)(CC(=O)N1CCCC1CO)C(N)C(=O)N1CCC[C@H]1C#N.COCC1CCCN1C(=O)CC(C)(C)C(N)C(=O)N1CCC[C@H]1C#N.COCC1CCCN1C(=O)CCC(N)C(=O)N1CCC[C@H]1C#N.C[C@@H]1CCCN1C(=O)CCC(N)C(=O)N1CCC[C@H]1C#N.N#C[C@@H]1CCCN1C(=O)C(N)CCC(=O)N1CCCC1CO.S.S.S.S. The van der Waals surface area contributed by atoms with Gasteiger partial charge >= 0.3 is 0 Å². The highest BCUT2D eigenvalue weighted by atomic mass is 32.1. The number of nitrogens with two attached hydrogens (primary N) is 5. The van der Waals surface area contributed by atoms with Gasteiger partial charge in [-0.3, -0.25) is 47.9 Å². The molecule has 0 aromatic heterocycles. The summed E-state index contributed by atoms with van der Waals surface area (Å²) in [5.41, 5.74) is 28.8. The van der Waals surface area contributed by atoms with Crippen molar-refractivity contribution in [3.8, 4) is 30.3 Å². The topological polar surface area (TPSA) is 511 Å². The molecule has 0 spiro atoms. The number of aliphatic hydroxyl groups excluding tert-OH is 2. The molecule has 0 radical (unpaired) electrons. The summed E-state index contributed by atoms with van der Waals surface area (Å²) in [5.74, 6) is -1.11. The van der Waals surface area contributed by atoms with Crippen molar-refractivity contribution in [2.75, 3.05) is 106 Å². The van der Waals surface area contributed by atoms with Crippen LogP contribution in [0.25, 0.3) is 0 Å². The highest BCUT2D eigenvalue weighted by Crippen LogP contribution is 2.34. The lowest BCUT2D eigenvalue weighted by Gasteiger charge is -2.35. The molecule has 0 aromatic rings. The first-order valence-corrected chi connectivity index (χ1v) is 41.8. The van der Waals surface area contributed by atoms with Crippen molar-refractivity contribution in [1.29, 1.82) is 26.3 Å². The molecule has 0 aliphatic carbocycles. The Balaban J connectivity index is 0.000000501. The standard InChI is InChI=1S/C18H30N4O3.C17H28N4O3.C16H26N4O3.C15H24N4O3.C15H24N4O2.4H2S/c1-18(2,10-15(23)21-8-5-7-14(21)12-25-3)16(20)17(24)22-9-4-6-13(22)11-19;1-17(2,9-14(23)20-7-4-6-13(20)11-22)15(19)16(24)21-8-3-5-12(21)10-18;1-23-11-13-5-3-8-19(13)15(21)7-6-14(18)16(22)20-9-2-4-12(20)10-17;16-9-11-3-1-8-19(11)15(22)13(17)5-6-14(21)18-7-2-4-12(18)10-20;1-11-4-2-8-18(11)14(20)7-6-13(17)15(21)19-9-3-5-12(19)10-16;;;;/h13-14,16H,4-10,12,20H2,1-3H3;12-13,15,22H,3-9,11,19H2,1-2H3;12-14H,2-9,11,18H2,1H3;11-13,20H,1-8,10,17H2;11-13H,2-9,17H2,1H3;4*1H2/t13-,14?,16?;12-,13?,15?;12-,13?,14?;11-,12?,13?;11-,12+,13?;;;;/m00001..../s1. The first kappa shape index (κ1) is 108. The second-order valence-electron chi connectivity index (χ2n) is 33.7. The Morgan fingerprint density at radius 3 is 0.824 bits per heavy atom. The van der Waals surface area contributed by atoms with Crippen LogP contribution in [-0.2, 0) is 57.4 Å². The van der Waals surface area contributed by atoms with Gasteiger partial charge in [-0.25, -0.2) is 0 Å². The number of likely N-dealkylation sites (tertiary alicyclic amines) is 10. The fourth-order valence-electron chi connectivity index (χ4n) is 17.4. The fourth-order valence-corrected chi connectivity index (χ4v) is 17.4. The van der Waals surface area contributed by atoms with Gasteiger partial charge in [0.25, 0.3) is 0 Å². The molecule has 10 rings (SSSR count). The van der Waals surface area contributed by atoms with E-state index in [1.807, 2.05) is 42.4 Å². The fraction of sp³-hybridized carbons (Fsp3) is 0.815. The maximum absolute atomic E-state index is 12.8. The van der Waals surface area contributed by atoms with Gasteiger partial charge in [-0.15, -0.1) is 0 Å². The van der Waals surface area contributed by atoms with Crippen LogP contribution in [0, 0.1) is 67.5 Å². The van der Waals surface area contributed by atoms with Gasteiger partial charge in [0.1, 0.15) is 30.2 Å². The van der Waals surface area contributed by atoms with Crippen molar-refractivity contribution in [3.05, 3.63) is 0 Å². The maximum Gasteiger partial charge on any atom is 0.241 e. The predicted octanol–water partition coefficient (Wildman–Crippen LogP) is 2.02. The van der Waals surface area contributed by atoms with E-state index in [0.717, 1.165) is 122 Å². The van der Waals surface area contributed by atoms with Crippen LogP contribution in [-0.4, -0.2) is 315 Å². The Kier molecular flexibility index (Phi) is 48.5. The molecule has 10 aliphatic heterocycles. The molecule has 10 heterocycles. The second-order valence-corrected chi connectivity index (χ2v) is 33.7. The highest BCUT2D eigenvalue weighted by Gasteiger charge is 2.45. The Morgan fingerprint density at radius 1 is 0.345 bits per heavy atom. The third-order valence-electron chi connectivity index (χ3n) is 24.6. The molecule has 9 unspecified atom stereocenters. The van der Waals surface area contributed by atoms with Crippen LogP contribution < -0.4 is 28.7 Å². The van der Waals surface area contributed by atoms with Gasteiger partial charge in [0.15, 0.2) is 0 Å². The van der Waals surface area contributed by atoms with Crippen LogP contribution in [0.2, 0.25) is 0 Å². The normalized spacial score (nSPS) is 24.9. The molecule has 672 valence electrons. The highest BCUT2D eigenvalue weighted by molar-refractivity contribution is 7.59. The molecule has 34 nitrogen and oxygen atoms in total. The molecule has 119 heavy (non-hydrogen) atoms. The Hall–Kier alpha value is -6.81. The monoisotopic (exact) mass is 1740 g/mol. The molecule has 0 saturated carbocycles. The number of carbonyl (C=O) groups is 10. The van der Waals surface area contributed by atoms with Gasteiger partial charge in [-0.1, -0.05) is 27.7 Å². The number of amides is 10. The van der Waals surface area contributed by atoms with Gasteiger partial charge < -0.3 is 97.4 Å². The summed E-state index contributed by atoms with van der Waals surface area (Å²) in [6.07, 6.45) is 19.1. The summed E-state index contributed by atoms with van der Waals surface area (Å²) in [6, 6.07) is 5.38. The number of ether oxygens (including phenoxy) is 2. The van der Waals surface area contributed by atoms with Crippen molar-refractivity contribution < 1.29 is 67.6 Å². The van der Waals surface area contributed by atoms with Crippen molar-refractivity contribution in [2.24, 2.45) is 39.5 Å². The molecular formula is C81H140N20O14S4. The molecular weight excluding hydrogens is 1610 g/mol. The zero-order valence-electron chi connectivity index (χ0n) is 71.2. The number of carbonyl (C=O) groups excluding carboxylic acids is 10. The number of nitriles is 5. The van der Waals surface area contributed by atoms with E-state index in [1.54, 1.807) is 43.6 Å². The lowest BCUT2D eigenvalue weighted by atomic mass is 9.80. The number of hydrogen-bond acceptors (Lipinski definition) is 24. The minimum atomic E-state index is -0.828. The van der Waals surface area contributed by atoms with Crippen LogP contribution in [0.5, 0.6) is 0 Å². The molecule has 12 N–H and O–H groups in total. The molecule has 0 aromatic carbocycles. The van der Waals surface area contributed by atoms with Crippen LogP contribution in [0.15, 0.2) is 0 Å². The number of hydrogen-bond donors (Lipinski definition) is 7. The van der Waals surface area contributed by atoms with Crippen molar-refractivity contribution in [1.82, 2.24) is 49.0 Å². The quantitative estimate of drug-likeness (QED) is 0.0651. The molecule has 10 aliphatic rings. The first-order valence-electron chi connectivity index (χ1n) is 41.8. The van der Waals surface area contributed by atoms with Crippen LogP contribution >= 0.6 is 54.0 Å². The van der Waals surface area contributed by atoms with Crippen LogP contribution in [0.4, 0.5) is 0 Å². The number of methoxy groups -OCH3 is 2. The summed E-state index contributed by atoms with van der Waals surface area (Å²) < 4.78 is 10.4. The average molecular weight is 1750 g/mol. The second kappa shape index (κ2) is 53.3. The summed E-state index contributed by atoms with van der Waals surface area (Å²) in [5, 5.41) is 64.0. The third kappa shape index (κ3) is 30.0. The van der Waals surface area contributed by atoms with E-state index in [-0.39, 0.29) is 201 Å². The summed E-state index contributed by atoms with van der Waals surface area (Å²) in [6.45, 7) is 16.9. The Bertz CT molecular complexity index is 3510. The lowest BCUT2D eigenvalue weighted by Crippen LogP contribution is -2.54. The Morgan fingerprint density at radius 2 is 0.563 bits per heavy atom. The summed E-state index contributed by atoms with van der Waals surface area (Å²) >= 11 is 0. The van der Waals surface area contributed by atoms with Crippen molar-refractivity contribution in [2.45, 2.75) is 305 Å². The zero-order chi connectivity index (χ0) is 84.9. The van der Waals surface area contributed by atoms with Crippen LogP contribution in [0.3, 0.4) is 0 Å². The van der Waals surface area contributed by atoms with Crippen LogP contribution in [0.1, 0.15) is 214 Å². The predicted molar refractivity (Wildman–Crippen MR) is 465 cm³/mol. The van der Waals surface area contributed by atoms with E-state index in [0.29, 0.717) is 110 Å². The largest absolute Gasteiger partial charge is 0.394 e. The molecule has 38 heteroatoms. The average Bonchev–Trinajstić information content (AvgIpc) is 1.78. The smallest absolute Gasteiger partial charge is 0.241 e. The van der Waals surface area contributed by atoms with E-state index in [9.17, 15) is 63.4 Å². The van der Waals surface area contributed by atoms with E-state index in [4.69, 9.17) is 59.2 Å². The molecule has 10 saturated heterocycles. The third-order valence-corrected chi connectivity index (χ3v) is 24.6. The van der Waals surface area contributed by atoms with Gasteiger partial charge in [-0.2, -0.15) is 80.3 Å². The van der Waals surface area contributed by atoms with Crippen molar-refractivity contribution in [3.63, 3.8) is 0 Å². The first-order chi connectivity index (χ1) is 54.8. The molecule has 15 atom stereocenters. The van der Waals surface area contributed by atoms with Gasteiger partial charge in [0, 0.05) is 118 Å². The number of nitrogens with zero attached hydrogens (tertiary/aromatic N) is 15.